The van der Waals surface area contributed by atoms with E-state index in [1.54, 1.807) is 121 Å². The van der Waals surface area contributed by atoms with Gasteiger partial charge in [-0.25, -0.2) is 19.2 Å². The molecule has 1 fully saturated rings. The van der Waals surface area contributed by atoms with Crippen LogP contribution in [0.4, 0.5) is 0 Å². The molecule has 1 saturated heterocycles. The highest BCUT2D eigenvalue weighted by Gasteiger charge is 2.53. The van der Waals surface area contributed by atoms with E-state index in [1.807, 2.05) is 0 Å². The molecule has 0 aliphatic carbocycles. The highest BCUT2D eigenvalue weighted by Crippen LogP contribution is 2.32. The molecule has 11 heteroatoms. The van der Waals surface area contributed by atoms with Crippen molar-refractivity contribution in [1.82, 2.24) is 0 Å². The molecule has 5 rings (SSSR count). The van der Waals surface area contributed by atoms with E-state index >= 15 is 0 Å². The lowest BCUT2D eigenvalue weighted by atomic mass is 9.97. The Morgan fingerprint density at radius 3 is 1.43 bits per heavy atom. The quantitative estimate of drug-likeness (QED) is 0.0547. The monoisotopic (exact) mass is 738 g/mol. The average Bonchev–Trinajstić information content (AvgIpc) is 3.22. The van der Waals surface area contributed by atoms with Crippen LogP contribution in [0.2, 0.25) is 0 Å². The van der Waals surface area contributed by atoms with Gasteiger partial charge in [0.1, 0.15) is 12.7 Å². The van der Waals surface area contributed by atoms with Gasteiger partial charge in [0.05, 0.1) is 22.3 Å². The minimum atomic E-state index is -1.47. The van der Waals surface area contributed by atoms with Gasteiger partial charge < -0.3 is 33.2 Å². The molecule has 1 aliphatic heterocycles. The largest absolute Gasteiger partial charge is 0.459 e. The van der Waals surface area contributed by atoms with Crippen LogP contribution in [0.3, 0.4) is 0 Å². The highest BCUT2D eigenvalue weighted by atomic mass is 16.7. The Kier molecular flexibility index (Phi) is 15.8. The number of rotatable bonds is 19. The maximum atomic E-state index is 13.7. The zero-order valence-electron chi connectivity index (χ0n) is 30.3. The molecule has 5 atom stereocenters. The number of hydrogen-bond acceptors (Lipinski definition) is 11. The zero-order valence-corrected chi connectivity index (χ0v) is 30.3. The number of ether oxygens (including phenoxy) is 7. The average molecular weight is 739 g/mol. The van der Waals surface area contributed by atoms with Crippen molar-refractivity contribution in [3.8, 4) is 0 Å². The van der Waals surface area contributed by atoms with Crippen LogP contribution >= 0.6 is 0 Å². The molecule has 4 aromatic rings. The molecule has 0 amide bonds. The molecule has 4 aromatic carbocycles. The summed E-state index contributed by atoms with van der Waals surface area (Å²) in [5.41, 5.74) is 0.931. The van der Waals surface area contributed by atoms with E-state index in [0.717, 1.165) is 25.7 Å². The van der Waals surface area contributed by atoms with Gasteiger partial charge in [0.25, 0.3) is 0 Å². The van der Waals surface area contributed by atoms with Gasteiger partial charge in [-0.2, -0.15) is 0 Å². The van der Waals surface area contributed by atoms with E-state index in [-0.39, 0.29) is 23.3 Å². The molecule has 0 aromatic heterocycles. The first-order valence-electron chi connectivity index (χ1n) is 18.3. The molecule has 1 heterocycles. The smallest absolute Gasteiger partial charge is 0.338 e. The predicted octanol–water partition coefficient (Wildman–Crippen LogP) is 7.25. The topological polar surface area (TPSA) is 133 Å². The Bertz CT molecular complexity index is 1730. The molecule has 0 saturated carbocycles. The van der Waals surface area contributed by atoms with Crippen molar-refractivity contribution in [3.63, 3.8) is 0 Å². The summed E-state index contributed by atoms with van der Waals surface area (Å²) in [6.45, 7) is 3.21. The molecule has 0 spiro atoms. The summed E-state index contributed by atoms with van der Waals surface area (Å²) in [4.78, 5) is 54.1. The number of esters is 4. The van der Waals surface area contributed by atoms with Crippen LogP contribution in [0, 0.1) is 0 Å². The van der Waals surface area contributed by atoms with Crippen molar-refractivity contribution in [2.24, 2.45) is 0 Å². The summed E-state index contributed by atoms with van der Waals surface area (Å²) in [6, 6.07) is 33.1. The highest BCUT2D eigenvalue weighted by molar-refractivity contribution is 5.91. The van der Waals surface area contributed by atoms with Crippen LogP contribution in [0.15, 0.2) is 121 Å². The van der Waals surface area contributed by atoms with Gasteiger partial charge in [0.2, 0.25) is 0 Å². The Balaban J connectivity index is 1.46. The number of benzene rings is 4. The minimum absolute atomic E-state index is 0.184. The molecule has 11 nitrogen and oxygen atoms in total. The fraction of sp³-hybridized carbons (Fsp3) is 0.349. The van der Waals surface area contributed by atoms with Crippen molar-refractivity contribution >= 4 is 23.9 Å². The van der Waals surface area contributed by atoms with Crippen molar-refractivity contribution in [2.75, 3.05) is 26.4 Å². The summed E-state index contributed by atoms with van der Waals surface area (Å²) >= 11 is 0. The first kappa shape index (κ1) is 39.8. The van der Waals surface area contributed by atoms with Crippen molar-refractivity contribution in [2.45, 2.75) is 69.7 Å². The van der Waals surface area contributed by atoms with Crippen LogP contribution < -0.4 is 0 Å². The maximum Gasteiger partial charge on any atom is 0.338 e. The maximum absolute atomic E-state index is 13.7. The molecular formula is C43H46O11. The van der Waals surface area contributed by atoms with Crippen LogP contribution in [0.25, 0.3) is 0 Å². The van der Waals surface area contributed by atoms with E-state index in [4.69, 9.17) is 33.2 Å². The van der Waals surface area contributed by atoms with E-state index in [9.17, 15) is 19.2 Å². The Hall–Kier alpha value is -5.36. The Morgan fingerprint density at radius 2 is 0.926 bits per heavy atom. The summed E-state index contributed by atoms with van der Waals surface area (Å²) in [6.07, 6.45) is -2.57. The standard InChI is InChI=1S/C43H46O11/c1-2-3-27-48-28-17-8-18-29-49-43-38(54-42(47)34-25-15-7-16-26-34)37(53-41(46)33-23-13-6-14-24-33)36(52-40(45)32-21-11-5-12-22-32)35(51-43)30-50-39(44)31-19-9-4-10-20-31/h4-7,9-16,19-26,35-38,43H,2-3,8,17-18,27-30H2,1H3. The number of unbranched alkanes of at least 4 members (excludes halogenated alkanes) is 3. The molecule has 54 heavy (non-hydrogen) atoms. The molecule has 5 unspecified atom stereocenters. The fourth-order valence-corrected chi connectivity index (χ4v) is 5.69. The number of hydrogen-bond donors (Lipinski definition) is 0. The Labute approximate surface area is 315 Å². The molecular weight excluding hydrogens is 692 g/mol. The molecule has 284 valence electrons. The van der Waals surface area contributed by atoms with E-state index < -0.39 is 61.2 Å². The lowest BCUT2D eigenvalue weighted by molar-refractivity contribution is -0.298. The summed E-state index contributed by atoms with van der Waals surface area (Å²) < 4.78 is 42.2. The lowest BCUT2D eigenvalue weighted by Crippen LogP contribution is -2.63. The van der Waals surface area contributed by atoms with Crippen molar-refractivity contribution in [1.29, 1.82) is 0 Å². The number of carbonyl (C=O) groups excluding carboxylic acids is 4. The first-order chi connectivity index (χ1) is 26.4. The van der Waals surface area contributed by atoms with Crippen LogP contribution in [0.5, 0.6) is 0 Å². The van der Waals surface area contributed by atoms with Gasteiger partial charge in [-0.3, -0.25) is 0 Å². The fourth-order valence-electron chi connectivity index (χ4n) is 5.69. The molecule has 0 bridgehead atoms. The van der Waals surface area contributed by atoms with E-state index in [0.29, 0.717) is 25.2 Å². The molecule has 0 N–H and O–H groups in total. The lowest BCUT2D eigenvalue weighted by Gasteiger charge is -2.44. The van der Waals surface area contributed by atoms with Gasteiger partial charge in [0, 0.05) is 19.8 Å². The van der Waals surface area contributed by atoms with Crippen LogP contribution in [-0.4, -0.2) is 81.0 Å². The Morgan fingerprint density at radius 1 is 0.500 bits per heavy atom. The van der Waals surface area contributed by atoms with Crippen LogP contribution in [-0.2, 0) is 33.2 Å². The minimum Gasteiger partial charge on any atom is -0.459 e. The molecule has 0 radical (unpaired) electrons. The van der Waals surface area contributed by atoms with E-state index in [2.05, 4.69) is 6.92 Å². The van der Waals surface area contributed by atoms with Gasteiger partial charge in [0.15, 0.2) is 24.6 Å². The SMILES string of the molecule is CCCCOCCCCCOC1OC(COC(=O)c2ccccc2)C(OC(=O)c2ccccc2)C(OC(=O)c2ccccc2)C1OC(=O)c1ccccc1. The second-order valence-electron chi connectivity index (χ2n) is 12.6. The van der Waals surface area contributed by atoms with Gasteiger partial charge >= 0.3 is 23.9 Å². The van der Waals surface area contributed by atoms with E-state index in [1.165, 1.54) is 0 Å². The zero-order chi connectivity index (χ0) is 38.0. The third-order valence-corrected chi connectivity index (χ3v) is 8.59. The van der Waals surface area contributed by atoms with Crippen LogP contribution in [0.1, 0.15) is 80.5 Å². The second-order valence-corrected chi connectivity index (χ2v) is 12.6. The third-order valence-electron chi connectivity index (χ3n) is 8.59. The molecule has 1 aliphatic rings. The van der Waals surface area contributed by atoms with Gasteiger partial charge in [-0.05, 0) is 74.2 Å². The summed E-state index contributed by atoms with van der Waals surface area (Å²) in [7, 11) is 0. The second kappa shape index (κ2) is 21.4. The first-order valence-corrected chi connectivity index (χ1v) is 18.3. The van der Waals surface area contributed by atoms with Gasteiger partial charge in [-0.1, -0.05) is 86.1 Å². The van der Waals surface area contributed by atoms with Crippen molar-refractivity contribution in [3.05, 3.63) is 144 Å². The summed E-state index contributed by atoms with van der Waals surface area (Å²) in [5, 5.41) is 0. The third kappa shape index (κ3) is 11.8. The predicted molar refractivity (Wildman–Crippen MR) is 198 cm³/mol. The van der Waals surface area contributed by atoms with Gasteiger partial charge in [-0.15, -0.1) is 0 Å². The summed E-state index contributed by atoms with van der Waals surface area (Å²) in [5.74, 6) is -2.94. The van der Waals surface area contributed by atoms with Crippen molar-refractivity contribution < 1.29 is 52.3 Å². The normalized spacial score (nSPS) is 19.3. The number of carbonyl (C=O) groups is 4.